The summed E-state index contributed by atoms with van der Waals surface area (Å²) in [6.07, 6.45) is 2.68. The summed E-state index contributed by atoms with van der Waals surface area (Å²) >= 11 is 11.8. The van der Waals surface area contributed by atoms with E-state index < -0.39 is 10.0 Å². The van der Waals surface area contributed by atoms with Crippen molar-refractivity contribution < 1.29 is 8.42 Å². The lowest BCUT2D eigenvalue weighted by atomic mass is 10.2. The summed E-state index contributed by atoms with van der Waals surface area (Å²) in [6, 6.07) is 8.48. The van der Waals surface area contributed by atoms with Gasteiger partial charge in [-0.25, -0.2) is 8.42 Å². The van der Waals surface area contributed by atoms with Gasteiger partial charge in [0, 0.05) is 31.0 Å². The predicted octanol–water partition coefficient (Wildman–Crippen LogP) is 3.21. The van der Waals surface area contributed by atoms with E-state index in [2.05, 4.69) is 4.98 Å². The molecule has 2 rings (SSSR count). The third-order valence-electron chi connectivity index (χ3n) is 2.72. The molecule has 0 saturated carbocycles. The molecule has 0 atom stereocenters. The Morgan fingerprint density at radius 2 is 2.00 bits per heavy atom. The first-order valence-corrected chi connectivity index (χ1v) is 7.91. The lowest BCUT2D eigenvalue weighted by Gasteiger charge is -2.17. The molecule has 1 aromatic carbocycles. The Labute approximate surface area is 128 Å². The predicted molar refractivity (Wildman–Crippen MR) is 79.4 cm³/mol. The van der Waals surface area contributed by atoms with Crippen molar-refractivity contribution in [3.05, 3.63) is 58.3 Å². The van der Waals surface area contributed by atoms with Crippen molar-refractivity contribution >= 4 is 33.2 Å². The van der Waals surface area contributed by atoms with Crippen LogP contribution in [0.3, 0.4) is 0 Å². The molecule has 0 aliphatic heterocycles. The maximum Gasteiger partial charge on any atom is 0.246 e. The Morgan fingerprint density at radius 3 is 2.65 bits per heavy atom. The highest BCUT2D eigenvalue weighted by molar-refractivity contribution is 7.89. The van der Waals surface area contributed by atoms with Crippen LogP contribution < -0.4 is 0 Å². The number of hydrogen-bond donors (Lipinski definition) is 0. The second-order valence-corrected chi connectivity index (χ2v) is 7.05. The summed E-state index contributed by atoms with van der Waals surface area (Å²) in [5.41, 5.74) is 0.795. The maximum atomic E-state index is 12.4. The zero-order valence-electron chi connectivity index (χ0n) is 10.6. The van der Waals surface area contributed by atoms with Gasteiger partial charge in [-0.2, -0.15) is 4.31 Å². The van der Waals surface area contributed by atoms with Crippen molar-refractivity contribution in [3.8, 4) is 0 Å². The van der Waals surface area contributed by atoms with E-state index in [-0.39, 0.29) is 16.5 Å². The van der Waals surface area contributed by atoms with Gasteiger partial charge in [0.2, 0.25) is 10.0 Å². The number of aromatic nitrogens is 1. The van der Waals surface area contributed by atoms with Crippen LogP contribution in [0.2, 0.25) is 10.0 Å². The molecule has 0 radical (unpaired) electrons. The van der Waals surface area contributed by atoms with Gasteiger partial charge in [0.15, 0.2) is 0 Å². The van der Waals surface area contributed by atoms with Gasteiger partial charge in [-0.15, -0.1) is 0 Å². The van der Waals surface area contributed by atoms with E-state index in [1.165, 1.54) is 29.8 Å². The van der Waals surface area contributed by atoms with E-state index in [1.54, 1.807) is 18.2 Å². The van der Waals surface area contributed by atoms with E-state index in [0.717, 1.165) is 5.56 Å². The maximum absolute atomic E-state index is 12.4. The van der Waals surface area contributed by atoms with Crippen molar-refractivity contribution in [2.45, 2.75) is 11.4 Å². The Balaban J connectivity index is 2.29. The molecule has 0 fully saturated rings. The lowest BCUT2D eigenvalue weighted by molar-refractivity contribution is 0.466. The fourth-order valence-electron chi connectivity index (χ4n) is 1.70. The molecule has 0 unspecified atom stereocenters. The summed E-state index contributed by atoms with van der Waals surface area (Å²) in [4.78, 5) is 3.80. The van der Waals surface area contributed by atoms with Gasteiger partial charge in [0.1, 0.15) is 4.90 Å². The van der Waals surface area contributed by atoms with E-state index in [9.17, 15) is 8.42 Å². The summed E-state index contributed by atoms with van der Waals surface area (Å²) in [6.45, 7) is 0.202. The van der Waals surface area contributed by atoms with Crippen molar-refractivity contribution in [1.82, 2.24) is 9.29 Å². The van der Waals surface area contributed by atoms with Crippen LogP contribution in [-0.2, 0) is 16.6 Å². The molecular formula is C13H12Cl2N2O2S. The van der Waals surface area contributed by atoms with Gasteiger partial charge in [-0.1, -0.05) is 35.3 Å². The highest BCUT2D eigenvalue weighted by atomic mass is 35.5. The molecule has 0 aliphatic rings. The third-order valence-corrected chi connectivity index (χ3v) is 5.22. The van der Waals surface area contributed by atoms with Gasteiger partial charge in [-0.05, 0) is 23.8 Å². The van der Waals surface area contributed by atoms with Crippen LogP contribution >= 0.6 is 23.2 Å². The first kappa shape index (κ1) is 15.3. The highest BCUT2D eigenvalue weighted by Crippen LogP contribution is 2.23. The fraction of sp³-hybridized carbons (Fsp3) is 0.154. The quantitative estimate of drug-likeness (QED) is 0.864. The molecule has 0 bridgehead atoms. The van der Waals surface area contributed by atoms with Crippen LogP contribution in [0, 0.1) is 0 Å². The van der Waals surface area contributed by atoms with Crippen molar-refractivity contribution in [1.29, 1.82) is 0 Å². The number of halogens is 2. The molecule has 1 heterocycles. The molecule has 106 valence electrons. The van der Waals surface area contributed by atoms with Gasteiger partial charge in [0.05, 0.1) is 5.02 Å². The van der Waals surface area contributed by atoms with Crippen LogP contribution in [0.15, 0.2) is 47.6 Å². The zero-order chi connectivity index (χ0) is 14.8. The van der Waals surface area contributed by atoms with Gasteiger partial charge >= 0.3 is 0 Å². The van der Waals surface area contributed by atoms with E-state index >= 15 is 0 Å². The number of sulfonamides is 1. The lowest BCUT2D eigenvalue weighted by Crippen LogP contribution is -2.26. The largest absolute Gasteiger partial charge is 0.263 e. The summed E-state index contributed by atoms with van der Waals surface area (Å²) in [5.74, 6) is 0. The molecule has 7 heteroatoms. The molecule has 0 spiro atoms. The van der Waals surface area contributed by atoms with E-state index in [1.807, 2.05) is 6.07 Å². The normalized spacial score (nSPS) is 11.8. The molecule has 2 aromatic rings. The highest BCUT2D eigenvalue weighted by Gasteiger charge is 2.23. The van der Waals surface area contributed by atoms with Gasteiger partial charge in [0.25, 0.3) is 0 Å². The standard InChI is InChI=1S/C13H12Cl2N2O2S/c1-17(9-10-3-2-4-11(14)7-10)20(18,19)13-8-16-6-5-12(13)15/h2-8H,9H2,1H3. The number of hydrogen-bond acceptors (Lipinski definition) is 3. The minimum Gasteiger partial charge on any atom is -0.263 e. The summed E-state index contributed by atoms with van der Waals surface area (Å²) in [5, 5.41) is 0.714. The average Bonchev–Trinajstić information content (AvgIpc) is 2.39. The van der Waals surface area contributed by atoms with Gasteiger partial charge in [-0.3, -0.25) is 4.98 Å². The first-order valence-electron chi connectivity index (χ1n) is 5.71. The van der Waals surface area contributed by atoms with Crippen molar-refractivity contribution in [2.75, 3.05) is 7.05 Å². The minimum atomic E-state index is -3.68. The fourth-order valence-corrected chi connectivity index (χ4v) is 3.47. The molecule has 0 aliphatic carbocycles. The molecule has 0 N–H and O–H groups in total. The Bertz CT molecular complexity index is 720. The molecule has 4 nitrogen and oxygen atoms in total. The average molecular weight is 331 g/mol. The minimum absolute atomic E-state index is 0.00815. The van der Waals surface area contributed by atoms with Gasteiger partial charge < -0.3 is 0 Å². The first-order chi connectivity index (χ1) is 9.41. The summed E-state index contributed by atoms with van der Waals surface area (Å²) in [7, 11) is -2.20. The molecule has 1 aromatic heterocycles. The second kappa shape index (κ2) is 6.10. The third kappa shape index (κ3) is 3.30. The van der Waals surface area contributed by atoms with Crippen molar-refractivity contribution in [2.24, 2.45) is 0 Å². The molecule has 0 amide bonds. The number of benzene rings is 1. The Hall–Kier alpha value is -1.14. The topological polar surface area (TPSA) is 50.3 Å². The molecule has 20 heavy (non-hydrogen) atoms. The molecular weight excluding hydrogens is 319 g/mol. The number of nitrogens with zero attached hydrogens (tertiary/aromatic N) is 2. The van der Waals surface area contributed by atoms with Crippen LogP contribution in [-0.4, -0.2) is 24.8 Å². The van der Waals surface area contributed by atoms with E-state index in [0.29, 0.717) is 5.02 Å². The Kier molecular flexibility index (Phi) is 4.65. The second-order valence-electron chi connectivity index (χ2n) is 4.20. The molecule has 0 saturated heterocycles. The Morgan fingerprint density at radius 1 is 1.25 bits per heavy atom. The van der Waals surface area contributed by atoms with Crippen molar-refractivity contribution in [3.63, 3.8) is 0 Å². The SMILES string of the molecule is CN(Cc1cccc(Cl)c1)S(=O)(=O)c1cnccc1Cl. The van der Waals surface area contributed by atoms with Crippen LogP contribution in [0.4, 0.5) is 0 Å². The number of pyridine rings is 1. The van der Waals surface area contributed by atoms with Crippen LogP contribution in [0.25, 0.3) is 0 Å². The van der Waals surface area contributed by atoms with E-state index in [4.69, 9.17) is 23.2 Å². The zero-order valence-corrected chi connectivity index (χ0v) is 13.0. The van der Waals surface area contributed by atoms with Crippen LogP contribution in [0.5, 0.6) is 0 Å². The monoisotopic (exact) mass is 330 g/mol. The smallest absolute Gasteiger partial charge is 0.246 e. The van der Waals surface area contributed by atoms with Crippen LogP contribution in [0.1, 0.15) is 5.56 Å². The number of rotatable bonds is 4. The summed E-state index contributed by atoms with van der Waals surface area (Å²) < 4.78 is 26.0.